The molecule has 0 unspecified atom stereocenters. The Labute approximate surface area is 98.7 Å². The predicted molar refractivity (Wildman–Crippen MR) is 67.5 cm³/mol. The molecule has 0 aromatic carbocycles. The number of thioether (sulfide) groups is 2. The Hall–Kier alpha value is -0.420. The first-order valence-corrected chi connectivity index (χ1v) is 6.38. The van der Waals surface area contributed by atoms with E-state index in [1.54, 1.807) is 18.7 Å². The maximum Gasteiger partial charge on any atom is 0.374 e. The quantitative estimate of drug-likeness (QED) is 0.661. The minimum atomic E-state index is -0.283. The van der Waals surface area contributed by atoms with Crippen LogP contribution in [-0.4, -0.2) is 21.0 Å². The van der Waals surface area contributed by atoms with E-state index >= 15 is 0 Å². The molecule has 0 radical (unpaired) electrons. The molecule has 1 rings (SSSR count). The van der Waals surface area contributed by atoms with Crippen molar-refractivity contribution in [2.24, 2.45) is 4.99 Å². The van der Waals surface area contributed by atoms with Gasteiger partial charge in [0, 0.05) is 22.2 Å². The van der Waals surface area contributed by atoms with Crippen molar-refractivity contribution in [3.8, 4) is 0 Å². The zero-order valence-corrected chi connectivity index (χ0v) is 11.0. The molecule has 3 nitrogen and oxygen atoms in total. The molecule has 0 aromatic heterocycles. The van der Waals surface area contributed by atoms with Crippen molar-refractivity contribution >= 4 is 33.2 Å². The molecular weight excluding hydrogens is 230 g/mol. The molecule has 0 fully saturated rings. The normalized spacial score (nSPS) is 19.2. The minimum Gasteiger partial charge on any atom is -0.458 e. The number of nitrogens with zero attached hydrogens (tertiary/aromatic N) is 1. The molecule has 5 heteroatoms. The summed E-state index contributed by atoms with van der Waals surface area (Å²) in [5, 5.41) is -0.283. The maximum atomic E-state index is 11.3. The van der Waals surface area contributed by atoms with Crippen LogP contribution >= 0.6 is 23.5 Å². The average molecular weight is 245 g/mol. The smallest absolute Gasteiger partial charge is 0.374 e. The Kier molecular flexibility index (Phi) is 4.28. The number of rotatable bonds is 1. The van der Waals surface area contributed by atoms with Gasteiger partial charge in [-0.1, -0.05) is 11.8 Å². The van der Waals surface area contributed by atoms with E-state index in [4.69, 9.17) is 4.74 Å². The molecule has 84 valence electrons. The molecule has 0 bridgehead atoms. The molecule has 0 N–H and O–H groups in total. The molecular formula is C10H15NO2S2. The lowest BCUT2D eigenvalue weighted by molar-refractivity contribution is 0.182. The van der Waals surface area contributed by atoms with Gasteiger partial charge in [0.1, 0.15) is 4.38 Å². The van der Waals surface area contributed by atoms with E-state index < -0.39 is 0 Å². The molecule has 15 heavy (non-hydrogen) atoms. The first-order valence-electron chi connectivity index (χ1n) is 4.75. The monoisotopic (exact) mass is 245 g/mol. The zero-order valence-electron chi connectivity index (χ0n) is 9.36. The van der Waals surface area contributed by atoms with E-state index in [9.17, 15) is 4.79 Å². The van der Waals surface area contributed by atoms with Gasteiger partial charge in [-0.2, -0.15) is 0 Å². The summed E-state index contributed by atoms with van der Waals surface area (Å²) in [5.41, 5.74) is 0.950. The van der Waals surface area contributed by atoms with Crippen LogP contribution < -0.4 is 0 Å². The van der Waals surface area contributed by atoms with Gasteiger partial charge in [0.2, 0.25) is 0 Å². The fourth-order valence-electron chi connectivity index (χ4n) is 1.22. The number of aliphatic imine (C=N–C) groups is 1. The van der Waals surface area contributed by atoms with Gasteiger partial charge in [-0.15, -0.1) is 0 Å². The summed E-state index contributed by atoms with van der Waals surface area (Å²) < 4.78 is 5.62. The van der Waals surface area contributed by atoms with E-state index in [0.717, 1.165) is 21.8 Å². The first kappa shape index (κ1) is 12.6. The molecule has 1 heterocycles. The second kappa shape index (κ2) is 5.07. The van der Waals surface area contributed by atoms with Gasteiger partial charge in [-0.05, 0) is 33.8 Å². The molecule has 0 atom stereocenters. The van der Waals surface area contributed by atoms with Crippen molar-refractivity contribution in [1.82, 2.24) is 0 Å². The van der Waals surface area contributed by atoms with E-state index in [-0.39, 0.29) is 10.0 Å². The van der Waals surface area contributed by atoms with Gasteiger partial charge >= 0.3 is 5.30 Å². The second-order valence-corrected chi connectivity index (χ2v) is 6.48. The minimum absolute atomic E-state index is 0.000656. The van der Waals surface area contributed by atoms with Crippen molar-refractivity contribution in [3.05, 3.63) is 11.8 Å². The lowest BCUT2D eigenvalue weighted by atomic mass is 10.2. The highest BCUT2D eigenvalue weighted by Gasteiger charge is 2.25. The van der Waals surface area contributed by atoms with Crippen LogP contribution in [0.25, 0.3) is 0 Å². The van der Waals surface area contributed by atoms with Crippen LogP contribution in [-0.2, 0) is 4.74 Å². The molecule has 1 aliphatic heterocycles. The van der Waals surface area contributed by atoms with Gasteiger partial charge in [0.15, 0.2) is 0 Å². The fraction of sp³-hybridized carbons (Fsp3) is 0.600. The van der Waals surface area contributed by atoms with Crippen molar-refractivity contribution < 1.29 is 9.53 Å². The lowest BCUT2D eigenvalue weighted by Crippen LogP contribution is -2.17. The van der Waals surface area contributed by atoms with E-state index in [1.165, 1.54) is 0 Å². The van der Waals surface area contributed by atoms with Gasteiger partial charge in [0.05, 0.1) is 6.61 Å². The fourth-order valence-corrected chi connectivity index (χ4v) is 3.61. The summed E-state index contributed by atoms with van der Waals surface area (Å²) in [4.78, 5) is 15.6. The molecule has 0 saturated carbocycles. The number of hydrogen-bond acceptors (Lipinski definition) is 5. The predicted octanol–water partition coefficient (Wildman–Crippen LogP) is 3.66. The van der Waals surface area contributed by atoms with Gasteiger partial charge in [-0.25, -0.2) is 9.79 Å². The van der Waals surface area contributed by atoms with Crippen molar-refractivity contribution in [1.29, 1.82) is 0 Å². The third-order valence-corrected chi connectivity index (χ3v) is 3.57. The Bertz CT molecular complexity index is 321. The summed E-state index contributed by atoms with van der Waals surface area (Å²) in [6.07, 6.45) is 2.09. The van der Waals surface area contributed by atoms with Gasteiger partial charge in [-0.3, -0.25) is 0 Å². The summed E-state index contributed by atoms with van der Waals surface area (Å²) in [5.74, 6) is 0. The zero-order chi connectivity index (χ0) is 11.5. The summed E-state index contributed by atoms with van der Waals surface area (Å²) in [7, 11) is 0. The number of hydrogen-bond donors (Lipinski definition) is 0. The van der Waals surface area contributed by atoms with Crippen LogP contribution in [0, 0.1) is 0 Å². The van der Waals surface area contributed by atoms with E-state index in [0.29, 0.717) is 6.61 Å². The average Bonchev–Trinajstić information content (AvgIpc) is 1.99. The third-order valence-electron chi connectivity index (χ3n) is 1.61. The summed E-state index contributed by atoms with van der Waals surface area (Å²) in [6.45, 7) is 8.33. The summed E-state index contributed by atoms with van der Waals surface area (Å²) >= 11 is 2.64. The SMILES string of the molecule is CCOC(=O)SC1=NC(C)=CC(C)(C)S1. The van der Waals surface area contributed by atoms with E-state index in [2.05, 4.69) is 24.9 Å². The Morgan fingerprint density at radius 2 is 2.33 bits per heavy atom. The molecule has 0 saturated heterocycles. The van der Waals surface area contributed by atoms with Crippen molar-refractivity contribution in [3.63, 3.8) is 0 Å². The van der Waals surface area contributed by atoms with Crippen LogP contribution in [0.2, 0.25) is 0 Å². The topological polar surface area (TPSA) is 38.7 Å². The van der Waals surface area contributed by atoms with Gasteiger partial charge < -0.3 is 4.74 Å². The van der Waals surface area contributed by atoms with E-state index in [1.807, 2.05) is 6.92 Å². The Balaban J connectivity index is 2.64. The van der Waals surface area contributed by atoms with Crippen LogP contribution in [0.1, 0.15) is 27.7 Å². The maximum absolute atomic E-state index is 11.3. The van der Waals surface area contributed by atoms with Crippen LogP contribution in [0.3, 0.4) is 0 Å². The lowest BCUT2D eigenvalue weighted by Gasteiger charge is -2.24. The van der Waals surface area contributed by atoms with Crippen LogP contribution in [0.5, 0.6) is 0 Å². The first-order chi connectivity index (χ1) is 6.93. The highest BCUT2D eigenvalue weighted by Crippen LogP contribution is 2.37. The van der Waals surface area contributed by atoms with Crippen LogP contribution in [0.15, 0.2) is 16.8 Å². The third kappa shape index (κ3) is 4.30. The molecule has 0 amide bonds. The Morgan fingerprint density at radius 3 is 2.87 bits per heavy atom. The largest absolute Gasteiger partial charge is 0.458 e. The molecule has 0 aromatic rings. The molecule has 0 aliphatic carbocycles. The number of carbonyl (C=O) groups is 1. The van der Waals surface area contributed by atoms with Crippen molar-refractivity contribution in [2.75, 3.05) is 6.61 Å². The Morgan fingerprint density at radius 1 is 1.67 bits per heavy atom. The highest BCUT2D eigenvalue weighted by molar-refractivity contribution is 8.45. The second-order valence-electron chi connectivity index (χ2n) is 3.65. The van der Waals surface area contributed by atoms with Crippen LogP contribution in [0.4, 0.5) is 4.79 Å². The standard InChI is InChI=1S/C10H15NO2S2/c1-5-13-9(12)14-8-11-7(2)6-10(3,4)15-8/h6H,5H2,1-4H3. The van der Waals surface area contributed by atoms with Crippen molar-refractivity contribution in [2.45, 2.75) is 32.4 Å². The summed E-state index contributed by atoms with van der Waals surface area (Å²) in [6, 6.07) is 0. The highest BCUT2D eigenvalue weighted by atomic mass is 32.2. The molecule has 1 aliphatic rings. The number of ether oxygens (including phenoxy) is 1. The molecule has 0 spiro atoms. The number of carbonyl (C=O) groups excluding carboxylic acids is 1. The van der Waals surface area contributed by atoms with Gasteiger partial charge in [0.25, 0.3) is 0 Å². The number of allylic oxidation sites excluding steroid dienone is 1.